The fourth-order valence-electron chi connectivity index (χ4n) is 3.05. The highest BCUT2D eigenvalue weighted by Gasteiger charge is 2.26. The van der Waals surface area contributed by atoms with E-state index in [1.165, 1.54) is 5.56 Å². The molecule has 0 aliphatic carbocycles. The molecule has 1 atom stereocenters. The summed E-state index contributed by atoms with van der Waals surface area (Å²) in [6, 6.07) is 10.2. The van der Waals surface area contributed by atoms with Gasteiger partial charge in [0.2, 0.25) is 11.9 Å². The maximum atomic E-state index is 12.1. The van der Waals surface area contributed by atoms with E-state index in [2.05, 4.69) is 32.4 Å². The molecule has 7 nitrogen and oxygen atoms in total. The van der Waals surface area contributed by atoms with E-state index in [0.29, 0.717) is 12.5 Å². The zero-order chi connectivity index (χ0) is 16.5. The van der Waals surface area contributed by atoms with Crippen molar-refractivity contribution in [2.45, 2.75) is 12.5 Å². The largest absolute Gasteiger partial charge is 0.350 e. The minimum atomic E-state index is -0.00381. The summed E-state index contributed by atoms with van der Waals surface area (Å²) in [7, 11) is 1.90. The van der Waals surface area contributed by atoms with Crippen LogP contribution in [0.1, 0.15) is 5.56 Å². The Bertz CT molecular complexity index is 875. The summed E-state index contributed by atoms with van der Waals surface area (Å²) >= 11 is 0. The van der Waals surface area contributed by atoms with Gasteiger partial charge in [0.05, 0.1) is 25.1 Å². The number of aryl methyl sites for hydroxylation is 1. The van der Waals surface area contributed by atoms with E-state index in [-0.39, 0.29) is 18.5 Å². The third-order valence-corrected chi connectivity index (χ3v) is 4.19. The molecule has 1 aliphatic rings. The highest BCUT2D eigenvalue weighted by molar-refractivity contribution is 5.83. The molecule has 3 heterocycles. The zero-order valence-electron chi connectivity index (χ0n) is 13.4. The molecule has 0 radical (unpaired) electrons. The van der Waals surface area contributed by atoms with Crippen molar-refractivity contribution >= 4 is 23.0 Å². The number of fused-ring (bicyclic) bond motifs is 1. The molecule has 1 aliphatic heterocycles. The van der Waals surface area contributed by atoms with Gasteiger partial charge in [0, 0.05) is 13.6 Å². The predicted octanol–water partition coefficient (Wildman–Crippen LogP) is 0.911. The predicted molar refractivity (Wildman–Crippen MR) is 90.6 cm³/mol. The van der Waals surface area contributed by atoms with Gasteiger partial charge in [0.15, 0.2) is 5.65 Å². The second kappa shape index (κ2) is 5.92. The van der Waals surface area contributed by atoms with Gasteiger partial charge >= 0.3 is 0 Å². The highest BCUT2D eigenvalue weighted by Crippen LogP contribution is 2.16. The van der Waals surface area contributed by atoms with Crippen LogP contribution in [0, 0.1) is 0 Å². The summed E-state index contributed by atoms with van der Waals surface area (Å²) in [6.07, 6.45) is 4.21. The number of hydrogen-bond donors (Lipinski definition) is 1. The molecule has 0 bridgehead atoms. The number of hydrogen-bond acceptors (Lipinski definition) is 5. The van der Waals surface area contributed by atoms with E-state index in [1.807, 2.05) is 34.7 Å². The second-order valence-electron chi connectivity index (χ2n) is 6.07. The number of carbonyl (C=O) groups excluding carboxylic acids is 1. The number of rotatable bonds is 3. The van der Waals surface area contributed by atoms with E-state index in [9.17, 15) is 4.79 Å². The minimum absolute atomic E-state index is 0.00381. The van der Waals surface area contributed by atoms with Crippen LogP contribution in [0.3, 0.4) is 0 Å². The molecule has 1 fully saturated rings. The average Bonchev–Trinajstić information content (AvgIpc) is 2.96. The quantitative estimate of drug-likeness (QED) is 0.776. The van der Waals surface area contributed by atoms with Gasteiger partial charge < -0.3 is 14.8 Å². The van der Waals surface area contributed by atoms with Crippen LogP contribution in [-0.2, 0) is 18.3 Å². The van der Waals surface area contributed by atoms with E-state index < -0.39 is 0 Å². The summed E-state index contributed by atoms with van der Waals surface area (Å²) in [5, 5.41) is 3.05. The Morgan fingerprint density at radius 3 is 2.92 bits per heavy atom. The van der Waals surface area contributed by atoms with Gasteiger partial charge in [-0.1, -0.05) is 30.3 Å². The maximum Gasteiger partial charge on any atom is 0.239 e. The van der Waals surface area contributed by atoms with Crippen molar-refractivity contribution in [1.82, 2.24) is 24.8 Å². The molecule has 0 spiro atoms. The monoisotopic (exact) mass is 322 g/mol. The third-order valence-electron chi connectivity index (χ3n) is 4.19. The molecule has 1 amide bonds. The molecule has 0 unspecified atom stereocenters. The molecule has 2 aromatic heterocycles. The van der Waals surface area contributed by atoms with Crippen molar-refractivity contribution in [1.29, 1.82) is 0 Å². The average molecular weight is 322 g/mol. The number of amides is 1. The SMILES string of the molecule is Cn1cnc2cnc(N3CC(=O)N[C@@H](Cc4ccccc4)C3)nc21. The standard InChI is InChI=1S/C17H18N6O/c1-22-11-19-14-8-18-17(21-16(14)22)23-9-13(20-15(24)10-23)7-12-5-3-2-4-6-12/h2-6,8,11,13H,7,9-10H2,1H3,(H,20,24)/t13-/m0/s1. The number of aromatic nitrogens is 4. The van der Waals surface area contributed by atoms with Crippen LogP contribution in [-0.4, -0.2) is 44.6 Å². The van der Waals surface area contributed by atoms with Gasteiger partial charge in [-0.05, 0) is 12.0 Å². The van der Waals surface area contributed by atoms with E-state index in [0.717, 1.165) is 17.6 Å². The molecule has 24 heavy (non-hydrogen) atoms. The first-order valence-electron chi connectivity index (χ1n) is 7.91. The molecule has 1 aromatic carbocycles. The van der Waals surface area contributed by atoms with Gasteiger partial charge in [-0.15, -0.1) is 0 Å². The Morgan fingerprint density at radius 2 is 2.08 bits per heavy atom. The van der Waals surface area contributed by atoms with Crippen LogP contribution in [0.25, 0.3) is 11.2 Å². The number of anilines is 1. The lowest BCUT2D eigenvalue weighted by Gasteiger charge is -2.33. The maximum absolute atomic E-state index is 12.1. The Kier molecular flexibility index (Phi) is 3.60. The third kappa shape index (κ3) is 2.80. The van der Waals surface area contributed by atoms with Crippen molar-refractivity contribution in [2.24, 2.45) is 7.05 Å². The van der Waals surface area contributed by atoms with Crippen LogP contribution in [0.2, 0.25) is 0 Å². The first-order chi connectivity index (χ1) is 11.7. The smallest absolute Gasteiger partial charge is 0.239 e. The van der Waals surface area contributed by atoms with Gasteiger partial charge in [-0.2, -0.15) is 4.98 Å². The normalized spacial score (nSPS) is 18.0. The molecular formula is C17H18N6O. The summed E-state index contributed by atoms with van der Waals surface area (Å²) in [6.45, 7) is 0.957. The molecule has 4 rings (SSSR count). The minimum Gasteiger partial charge on any atom is -0.350 e. The fraction of sp³-hybridized carbons (Fsp3) is 0.294. The van der Waals surface area contributed by atoms with E-state index in [1.54, 1.807) is 12.5 Å². The van der Waals surface area contributed by atoms with Crippen molar-refractivity contribution < 1.29 is 4.79 Å². The number of nitrogens with one attached hydrogen (secondary N) is 1. The first kappa shape index (κ1) is 14.6. The molecule has 7 heteroatoms. The number of imidazole rings is 1. The summed E-state index contributed by atoms with van der Waals surface area (Å²) < 4.78 is 1.85. The lowest BCUT2D eigenvalue weighted by molar-refractivity contribution is -0.121. The van der Waals surface area contributed by atoms with Gasteiger partial charge in [0.1, 0.15) is 5.52 Å². The van der Waals surface area contributed by atoms with Gasteiger partial charge in [-0.25, -0.2) is 9.97 Å². The van der Waals surface area contributed by atoms with E-state index in [4.69, 9.17) is 0 Å². The van der Waals surface area contributed by atoms with Crippen molar-refractivity contribution in [3.8, 4) is 0 Å². The van der Waals surface area contributed by atoms with E-state index >= 15 is 0 Å². The Hall–Kier alpha value is -2.96. The number of benzene rings is 1. The van der Waals surface area contributed by atoms with Crippen LogP contribution in [0.5, 0.6) is 0 Å². The molecule has 122 valence electrons. The van der Waals surface area contributed by atoms with Crippen molar-refractivity contribution in [3.63, 3.8) is 0 Å². The molecule has 1 N–H and O–H groups in total. The van der Waals surface area contributed by atoms with Crippen LogP contribution in [0.4, 0.5) is 5.95 Å². The lowest BCUT2D eigenvalue weighted by atomic mass is 10.0. The van der Waals surface area contributed by atoms with Crippen LogP contribution in [0.15, 0.2) is 42.9 Å². The fourth-order valence-corrected chi connectivity index (χ4v) is 3.05. The Balaban J connectivity index is 1.57. The Morgan fingerprint density at radius 1 is 1.25 bits per heavy atom. The molecular weight excluding hydrogens is 304 g/mol. The molecule has 1 saturated heterocycles. The summed E-state index contributed by atoms with van der Waals surface area (Å²) in [5.74, 6) is 0.565. The number of piperazine rings is 1. The van der Waals surface area contributed by atoms with Crippen molar-refractivity contribution in [2.75, 3.05) is 18.0 Å². The number of nitrogens with zero attached hydrogens (tertiary/aromatic N) is 5. The summed E-state index contributed by atoms with van der Waals surface area (Å²) in [4.78, 5) is 27.2. The zero-order valence-corrected chi connectivity index (χ0v) is 13.4. The molecule has 3 aromatic rings. The second-order valence-corrected chi connectivity index (χ2v) is 6.07. The lowest BCUT2D eigenvalue weighted by Crippen LogP contribution is -2.55. The van der Waals surface area contributed by atoms with Gasteiger partial charge in [-0.3, -0.25) is 4.79 Å². The number of carbonyl (C=O) groups is 1. The highest BCUT2D eigenvalue weighted by atomic mass is 16.2. The van der Waals surface area contributed by atoms with Crippen LogP contribution < -0.4 is 10.2 Å². The Labute approximate surface area is 139 Å². The van der Waals surface area contributed by atoms with Gasteiger partial charge in [0.25, 0.3) is 0 Å². The first-order valence-corrected chi connectivity index (χ1v) is 7.91. The topological polar surface area (TPSA) is 75.9 Å². The van der Waals surface area contributed by atoms with Crippen LogP contribution >= 0.6 is 0 Å². The molecule has 0 saturated carbocycles. The van der Waals surface area contributed by atoms with Crippen molar-refractivity contribution in [3.05, 3.63) is 48.4 Å². The summed E-state index contributed by atoms with van der Waals surface area (Å²) in [5.41, 5.74) is 2.72.